The van der Waals surface area contributed by atoms with Crippen LogP contribution in [0.25, 0.3) is 0 Å². The third kappa shape index (κ3) is 6.88. The molecule has 1 saturated carbocycles. The average molecular weight is 477 g/mol. The van der Waals surface area contributed by atoms with Crippen LogP contribution >= 0.6 is 23.2 Å². The van der Waals surface area contributed by atoms with Crippen LogP contribution in [0.4, 0.5) is 0 Å². The quantitative estimate of drug-likeness (QED) is 0.543. The van der Waals surface area contributed by atoms with Gasteiger partial charge in [0.2, 0.25) is 5.91 Å². The van der Waals surface area contributed by atoms with E-state index in [9.17, 15) is 9.59 Å². The maximum atomic E-state index is 13.2. The molecule has 0 aromatic heterocycles. The largest absolute Gasteiger partial charge is 0.484 e. The zero-order valence-corrected chi connectivity index (χ0v) is 20.1. The second-order valence-corrected chi connectivity index (χ2v) is 9.23. The smallest absolute Gasteiger partial charge is 0.261 e. The van der Waals surface area contributed by atoms with Gasteiger partial charge in [-0.1, -0.05) is 60.7 Å². The van der Waals surface area contributed by atoms with Crippen molar-refractivity contribution in [2.45, 2.75) is 64.6 Å². The molecule has 0 unspecified atom stereocenters. The van der Waals surface area contributed by atoms with Crippen molar-refractivity contribution in [1.82, 2.24) is 10.2 Å². The molecule has 0 spiro atoms. The lowest BCUT2D eigenvalue weighted by Gasteiger charge is -2.31. The van der Waals surface area contributed by atoms with Crippen molar-refractivity contribution in [2.75, 3.05) is 6.61 Å². The molecule has 1 aliphatic carbocycles. The van der Waals surface area contributed by atoms with Gasteiger partial charge in [0.25, 0.3) is 5.91 Å². The Kier molecular flexibility index (Phi) is 8.83. The Balaban J connectivity index is 1.74. The number of benzene rings is 2. The molecule has 0 aliphatic heterocycles. The second-order valence-electron chi connectivity index (χ2n) is 8.38. The van der Waals surface area contributed by atoms with Crippen LogP contribution in [0.5, 0.6) is 5.75 Å². The summed E-state index contributed by atoms with van der Waals surface area (Å²) < 4.78 is 5.72. The highest BCUT2D eigenvalue weighted by Crippen LogP contribution is 2.24. The Labute approximate surface area is 200 Å². The lowest BCUT2D eigenvalue weighted by molar-refractivity contribution is -0.142. The van der Waals surface area contributed by atoms with E-state index in [-0.39, 0.29) is 31.0 Å². The minimum Gasteiger partial charge on any atom is -0.484 e. The summed E-state index contributed by atoms with van der Waals surface area (Å²) in [5, 5.41) is 4.09. The third-order valence-electron chi connectivity index (χ3n) is 5.83. The Morgan fingerprint density at radius 2 is 1.88 bits per heavy atom. The highest BCUT2D eigenvalue weighted by molar-refractivity contribution is 6.35. The van der Waals surface area contributed by atoms with Crippen LogP contribution in [0, 0.1) is 6.92 Å². The van der Waals surface area contributed by atoms with Gasteiger partial charge in [-0.05, 0) is 62.1 Å². The molecule has 7 heteroatoms. The summed E-state index contributed by atoms with van der Waals surface area (Å²) in [6.45, 7) is 3.72. The molecule has 0 radical (unpaired) electrons. The lowest BCUT2D eigenvalue weighted by Crippen LogP contribution is -2.51. The number of carbonyl (C=O) groups excluding carboxylic acids is 2. The number of amides is 2. The van der Waals surface area contributed by atoms with E-state index in [0.717, 1.165) is 36.8 Å². The minimum absolute atomic E-state index is 0.161. The molecule has 1 atom stereocenters. The van der Waals surface area contributed by atoms with Crippen molar-refractivity contribution in [3.63, 3.8) is 0 Å². The van der Waals surface area contributed by atoms with Gasteiger partial charge >= 0.3 is 0 Å². The number of ether oxygens (including phenoxy) is 1. The molecule has 2 aromatic carbocycles. The van der Waals surface area contributed by atoms with Crippen LogP contribution in [0.1, 0.15) is 50.2 Å². The van der Waals surface area contributed by atoms with Crippen molar-refractivity contribution in [3.8, 4) is 5.75 Å². The fourth-order valence-corrected chi connectivity index (χ4v) is 4.39. The maximum Gasteiger partial charge on any atom is 0.261 e. The van der Waals surface area contributed by atoms with E-state index in [2.05, 4.69) is 5.32 Å². The SMILES string of the molecule is Cc1cccc(OCC(=O)N(Cc2ccc(Cl)cc2Cl)[C@@H](C)C(=O)NC2CCCCC2)c1. The number of hydrogen-bond donors (Lipinski definition) is 1. The third-order valence-corrected chi connectivity index (χ3v) is 6.41. The van der Waals surface area contributed by atoms with Crippen LogP contribution in [0.2, 0.25) is 10.0 Å². The van der Waals surface area contributed by atoms with Gasteiger partial charge in [-0.15, -0.1) is 0 Å². The van der Waals surface area contributed by atoms with Crippen molar-refractivity contribution in [1.29, 1.82) is 0 Å². The summed E-state index contributed by atoms with van der Waals surface area (Å²) in [5.41, 5.74) is 1.76. The Hall–Kier alpha value is -2.24. The number of nitrogens with zero attached hydrogens (tertiary/aromatic N) is 1. The summed E-state index contributed by atoms with van der Waals surface area (Å²) in [5.74, 6) is 0.164. The number of halogens is 2. The highest BCUT2D eigenvalue weighted by atomic mass is 35.5. The van der Waals surface area contributed by atoms with Gasteiger partial charge in [0, 0.05) is 22.6 Å². The first-order valence-electron chi connectivity index (χ1n) is 11.1. The standard InChI is InChI=1S/C25H30Cl2N2O3/c1-17-7-6-10-22(13-17)32-16-24(30)29(15-19-11-12-20(26)14-23(19)27)18(2)25(31)28-21-8-4-3-5-9-21/h6-7,10-14,18,21H,3-5,8-9,15-16H2,1-2H3,(H,28,31)/t18-/m0/s1. The molecule has 1 fully saturated rings. The number of hydrogen-bond acceptors (Lipinski definition) is 3. The van der Waals surface area contributed by atoms with Gasteiger partial charge in [0.15, 0.2) is 6.61 Å². The molecule has 1 N–H and O–H groups in total. The van der Waals surface area contributed by atoms with Gasteiger partial charge in [0.05, 0.1) is 0 Å². The van der Waals surface area contributed by atoms with Crippen LogP contribution < -0.4 is 10.1 Å². The zero-order valence-electron chi connectivity index (χ0n) is 18.6. The summed E-state index contributed by atoms with van der Waals surface area (Å²) >= 11 is 12.4. The van der Waals surface area contributed by atoms with E-state index in [0.29, 0.717) is 15.8 Å². The van der Waals surface area contributed by atoms with Crippen molar-refractivity contribution in [3.05, 3.63) is 63.6 Å². The minimum atomic E-state index is -0.669. The first-order chi connectivity index (χ1) is 15.3. The van der Waals surface area contributed by atoms with Crippen molar-refractivity contribution < 1.29 is 14.3 Å². The van der Waals surface area contributed by atoms with Crippen molar-refractivity contribution in [2.24, 2.45) is 0 Å². The number of carbonyl (C=O) groups is 2. The molecule has 2 aromatic rings. The van der Waals surface area contributed by atoms with E-state index in [1.807, 2.05) is 25.1 Å². The molecule has 5 nitrogen and oxygen atoms in total. The number of aryl methyl sites for hydroxylation is 1. The van der Waals surface area contributed by atoms with Gasteiger partial charge in [-0.2, -0.15) is 0 Å². The van der Waals surface area contributed by atoms with E-state index >= 15 is 0 Å². The van der Waals surface area contributed by atoms with Gasteiger partial charge in [-0.25, -0.2) is 0 Å². The van der Waals surface area contributed by atoms with E-state index in [1.165, 1.54) is 11.3 Å². The van der Waals surface area contributed by atoms with E-state index in [1.54, 1.807) is 31.2 Å². The molecule has 0 heterocycles. The predicted octanol–water partition coefficient (Wildman–Crippen LogP) is 5.55. The van der Waals surface area contributed by atoms with Gasteiger partial charge < -0.3 is 15.0 Å². The van der Waals surface area contributed by atoms with Crippen LogP contribution in [0.3, 0.4) is 0 Å². The molecule has 172 valence electrons. The lowest BCUT2D eigenvalue weighted by atomic mass is 9.95. The molecule has 0 saturated heterocycles. The summed E-state index contributed by atoms with van der Waals surface area (Å²) in [4.78, 5) is 27.7. The Morgan fingerprint density at radius 3 is 2.56 bits per heavy atom. The molecular weight excluding hydrogens is 447 g/mol. The molecule has 1 aliphatic rings. The zero-order chi connectivity index (χ0) is 23.1. The average Bonchev–Trinajstić information content (AvgIpc) is 2.77. The number of nitrogens with one attached hydrogen (secondary N) is 1. The van der Waals surface area contributed by atoms with E-state index in [4.69, 9.17) is 27.9 Å². The molecule has 0 bridgehead atoms. The van der Waals surface area contributed by atoms with E-state index < -0.39 is 6.04 Å². The summed E-state index contributed by atoms with van der Waals surface area (Å²) in [6, 6.07) is 12.1. The summed E-state index contributed by atoms with van der Waals surface area (Å²) in [7, 11) is 0. The molecule has 32 heavy (non-hydrogen) atoms. The fraction of sp³-hybridized carbons (Fsp3) is 0.440. The van der Waals surface area contributed by atoms with Gasteiger partial charge in [0.1, 0.15) is 11.8 Å². The predicted molar refractivity (Wildman–Crippen MR) is 128 cm³/mol. The maximum absolute atomic E-state index is 13.2. The molecule has 2 amide bonds. The van der Waals surface area contributed by atoms with Crippen LogP contribution in [0.15, 0.2) is 42.5 Å². The first kappa shape index (κ1) is 24.4. The molecular formula is C25H30Cl2N2O3. The summed E-state index contributed by atoms with van der Waals surface area (Å²) in [6.07, 6.45) is 5.40. The number of rotatable bonds is 8. The van der Waals surface area contributed by atoms with Gasteiger partial charge in [-0.3, -0.25) is 9.59 Å². The fourth-order valence-electron chi connectivity index (χ4n) is 3.92. The normalized spacial score (nSPS) is 15.1. The highest BCUT2D eigenvalue weighted by Gasteiger charge is 2.29. The van der Waals surface area contributed by atoms with Crippen LogP contribution in [-0.2, 0) is 16.1 Å². The Morgan fingerprint density at radius 1 is 1.12 bits per heavy atom. The van der Waals surface area contributed by atoms with Crippen molar-refractivity contribution >= 4 is 35.0 Å². The first-order valence-corrected chi connectivity index (χ1v) is 11.8. The Bertz CT molecular complexity index is 945. The van der Waals surface area contributed by atoms with Crippen LogP contribution in [-0.4, -0.2) is 35.4 Å². The second kappa shape index (κ2) is 11.6. The molecule has 3 rings (SSSR count). The monoisotopic (exact) mass is 476 g/mol. The topological polar surface area (TPSA) is 58.6 Å².